The summed E-state index contributed by atoms with van der Waals surface area (Å²) in [5.41, 5.74) is 4.42. The molecule has 1 aromatic heterocycles. The highest BCUT2D eigenvalue weighted by Gasteiger charge is 2.24. The van der Waals surface area contributed by atoms with E-state index in [1.54, 1.807) is 0 Å². The van der Waals surface area contributed by atoms with Crippen molar-refractivity contribution in [3.63, 3.8) is 0 Å². The van der Waals surface area contributed by atoms with Crippen molar-refractivity contribution in [2.24, 2.45) is 0 Å². The molecule has 0 saturated heterocycles. The quantitative estimate of drug-likeness (QED) is 0.573. The average Bonchev–Trinajstić information content (AvgIpc) is 3.03. The average molecular weight is 383 g/mol. The standard InChI is InChI=1S/C23H27ClN2O/c1-5-15-7-6-8-18-20(14-25-22(15)18)19(13-21(27)26-23(2,3)4)16-9-11-17(24)12-10-16/h6-12,14,19,25H,5,13H2,1-4H3,(H,26,27)/t19-/m0/s1. The third-order valence-electron chi connectivity index (χ3n) is 4.77. The fraction of sp³-hybridized carbons (Fsp3) is 0.348. The van der Waals surface area contributed by atoms with Gasteiger partial charge in [-0.1, -0.05) is 48.9 Å². The summed E-state index contributed by atoms with van der Waals surface area (Å²) < 4.78 is 0. The third-order valence-corrected chi connectivity index (χ3v) is 5.02. The van der Waals surface area contributed by atoms with Crippen LogP contribution in [0.2, 0.25) is 5.02 Å². The highest BCUT2D eigenvalue weighted by molar-refractivity contribution is 6.30. The van der Waals surface area contributed by atoms with Crippen LogP contribution in [-0.4, -0.2) is 16.4 Å². The summed E-state index contributed by atoms with van der Waals surface area (Å²) in [6, 6.07) is 14.2. The normalized spacial score (nSPS) is 12.9. The zero-order valence-corrected chi connectivity index (χ0v) is 17.2. The molecule has 0 unspecified atom stereocenters. The Bertz CT molecular complexity index is 935. The molecule has 0 fully saturated rings. The van der Waals surface area contributed by atoms with Crippen molar-refractivity contribution in [2.45, 2.75) is 52.0 Å². The van der Waals surface area contributed by atoms with Gasteiger partial charge in [-0.05, 0) is 56.0 Å². The van der Waals surface area contributed by atoms with Gasteiger partial charge in [0.1, 0.15) is 0 Å². The van der Waals surface area contributed by atoms with Crippen LogP contribution in [0, 0.1) is 0 Å². The molecule has 142 valence electrons. The number of aromatic nitrogens is 1. The number of para-hydroxylation sites is 1. The minimum absolute atomic E-state index is 0.0366. The molecule has 27 heavy (non-hydrogen) atoms. The minimum Gasteiger partial charge on any atom is -0.361 e. The van der Waals surface area contributed by atoms with E-state index in [1.807, 2.05) is 51.2 Å². The van der Waals surface area contributed by atoms with Gasteiger partial charge in [0.15, 0.2) is 0 Å². The zero-order chi connectivity index (χ0) is 19.6. The lowest BCUT2D eigenvalue weighted by atomic mass is 9.87. The van der Waals surface area contributed by atoms with E-state index in [0.29, 0.717) is 11.4 Å². The van der Waals surface area contributed by atoms with Gasteiger partial charge < -0.3 is 10.3 Å². The maximum atomic E-state index is 12.7. The zero-order valence-electron chi connectivity index (χ0n) is 16.4. The summed E-state index contributed by atoms with van der Waals surface area (Å²) >= 11 is 6.08. The number of benzene rings is 2. The second-order valence-electron chi connectivity index (χ2n) is 8.04. The second-order valence-corrected chi connectivity index (χ2v) is 8.48. The molecular weight excluding hydrogens is 356 g/mol. The number of rotatable bonds is 5. The van der Waals surface area contributed by atoms with Gasteiger partial charge in [0.2, 0.25) is 5.91 Å². The SMILES string of the molecule is CCc1cccc2c([C@@H](CC(=O)NC(C)(C)C)c3ccc(Cl)cc3)c[nH]c12. The summed E-state index contributed by atoms with van der Waals surface area (Å²) in [4.78, 5) is 16.1. The van der Waals surface area contributed by atoms with Crippen molar-refractivity contribution in [2.75, 3.05) is 0 Å². The molecular formula is C23H27ClN2O. The van der Waals surface area contributed by atoms with Gasteiger partial charge in [-0.25, -0.2) is 0 Å². The molecule has 1 amide bonds. The largest absolute Gasteiger partial charge is 0.361 e. The lowest BCUT2D eigenvalue weighted by Crippen LogP contribution is -2.41. The molecule has 0 aliphatic carbocycles. The topological polar surface area (TPSA) is 44.9 Å². The van der Waals surface area contributed by atoms with Crippen LogP contribution in [0.3, 0.4) is 0 Å². The minimum atomic E-state index is -0.253. The maximum absolute atomic E-state index is 12.7. The van der Waals surface area contributed by atoms with E-state index >= 15 is 0 Å². The lowest BCUT2D eigenvalue weighted by Gasteiger charge is -2.23. The number of amides is 1. The molecule has 1 heterocycles. The van der Waals surface area contributed by atoms with Crippen LogP contribution in [0.1, 0.15) is 56.7 Å². The number of H-pyrrole nitrogens is 1. The molecule has 3 nitrogen and oxygen atoms in total. The summed E-state index contributed by atoms with van der Waals surface area (Å²) in [5.74, 6) is 0.00826. The van der Waals surface area contributed by atoms with Crippen LogP contribution in [0.25, 0.3) is 10.9 Å². The maximum Gasteiger partial charge on any atom is 0.221 e. The van der Waals surface area contributed by atoms with Gasteiger partial charge in [-0.3, -0.25) is 4.79 Å². The van der Waals surface area contributed by atoms with Crippen LogP contribution in [0.4, 0.5) is 0 Å². The summed E-state index contributed by atoms with van der Waals surface area (Å²) in [6.07, 6.45) is 3.41. The summed E-state index contributed by atoms with van der Waals surface area (Å²) in [7, 11) is 0. The Balaban J connectivity index is 2.04. The van der Waals surface area contributed by atoms with Gasteiger partial charge in [0.05, 0.1) is 0 Å². The lowest BCUT2D eigenvalue weighted by molar-refractivity contribution is -0.122. The Morgan fingerprint density at radius 3 is 2.48 bits per heavy atom. The molecule has 3 aromatic rings. The number of carbonyl (C=O) groups excluding carboxylic acids is 1. The van der Waals surface area contributed by atoms with Gasteiger partial charge >= 0.3 is 0 Å². The van der Waals surface area contributed by atoms with Crippen molar-refractivity contribution < 1.29 is 4.79 Å². The summed E-state index contributed by atoms with van der Waals surface area (Å²) in [5, 5.41) is 4.96. The molecule has 3 rings (SSSR count). The number of nitrogens with one attached hydrogen (secondary N) is 2. The predicted octanol–water partition coefficient (Wildman–Crippen LogP) is 5.82. The Labute approximate surface area is 166 Å². The number of aryl methyl sites for hydroxylation is 1. The van der Waals surface area contributed by atoms with Crippen LogP contribution >= 0.6 is 11.6 Å². The monoisotopic (exact) mass is 382 g/mol. The molecule has 2 aromatic carbocycles. The Hall–Kier alpha value is -2.26. The number of carbonyl (C=O) groups is 1. The van der Waals surface area contributed by atoms with E-state index in [4.69, 9.17) is 11.6 Å². The molecule has 0 bridgehead atoms. The van der Waals surface area contributed by atoms with Crippen molar-refractivity contribution in [1.82, 2.24) is 10.3 Å². The van der Waals surface area contributed by atoms with Crippen LogP contribution in [0.5, 0.6) is 0 Å². The van der Waals surface area contributed by atoms with Crippen LogP contribution in [0.15, 0.2) is 48.7 Å². The first-order chi connectivity index (χ1) is 12.8. The van der Waals surface area contributed by atoms with Gasteiger partial charge in [0.25, 0.3) is 0 Å². The highest BCUT2D eigenvalue weighted by atomic mass is 35.5. The Morgan fingerprint density at radius 2 is 1.85 bits per heavy atom. The smallest absolute Gasteiger partial charge is 0.221 e. The van der Waals surface area contributed by atoms with E-state index in [0.717, 1.165) is 23.1 Å². The Kier molecular flexibility index (Phi) is 5.61. The molecule has 0 saturated carbocycles. The fourth-order valence-corrected chi connectivity index (χ4v) is 3.70. The number of hydrogen-bond acceptors (Lipinski definition) is 1. The molecule has 0 radical (unpaired) electrons. The van der Waals surface area contributed by atoms with Crippen LogP contribution < -0.4 is 5.32 Å². The number of halogens is 1. The molecule has 1 atom stereocenters. The van der Waals surface area contributed by atoms with Crippen molar-refractivity contribution in [3.05, 3.63) is 70.4 Å². The van der Waals surface area contributed by atoms with E-state index < -0.39 is 0 Å². The first-order valence-electron chi connectivity index (χ1n) is 9.44. The fourth-order valence-electron chi connectivity index (χ4n) is 3.58. The molecule has 0 aliphatic heterocycles. The molecule has 0 spiro atoms. The van der Waals surface area contributed by atoms with Gasteiger partial charge in [-0.15, -0.1) is 0 Å². The van der Waals surface area contributed by atoms with Gasteiger partial charge in [0, 0.05) is 40.0 Å². The van der Waals surface area contributed by atoms with Crippen molar-refractivity contribution in [3.8, 4) is 0 Å². The number of aromatic amines is 1. The highest BCUT2D eigenvalue weighted by Crippen LogP contribution is 2.35. The van der Waals surface area contributed by atoms with E-state index in [-0.39, 0.29) is 17.4 Å². The predicted molar refractivity (Wildman–Crippen MR) is 113 cm³/mol. The molecule has 0 aliphatic rings. The third kappa shape index (κ3) is 4.54. The van der Waals surface area contributed by atoms with E-state index in [1.165, 1.54) is 10.9 Å². The summed E-state index contributed by atoms with van der Waals surface area (Å²) in [6.45, 7) is 8.16. The number of hydrogen-bond donors (Lipinski definition) is 2. The molecule has 4 heteroatoms. The van der Waals surface area contributed by atoms with Crippen LogP contribution in [-0.2, 0) is 11.2 Å². The van der Waals surface area contributed by atoms with Gasteiger partial charge in [-0.2, -0.15) is 0 Å². The van der Waals surface area contributed by atoms with Crippen molar-refractivity contribution >= 4 is 28.4 Å². The first kappa shape index (κ1) is 19.5. The van der Waals surface area contributed by atoms with E-state index in [9.17, 15) is 4.79 Å². The van der Waals surface area contributed by atoms with E-state index in [2.05, 4.69) is 35.4 Å². The molecule has 2 N–H and O–H groups in total. The first-order valence-corrected chi connectivity index (χ1v) is 9.81. The Morgan fingerprint density at radius 1 is 1.15 bits per heavy atom. The second kappa shape index (κ2) is 7.77. The number of fused-ring (bicyclic) bond motifs is 1. The van der Waals surface area contributed by atoms with Crippen molar-refractivity contribution in [1.29, 1.82) is 0 Å².